The van der Waals surface area contributed by atoms with Crippen LogP contribution in [-0.4, -0.2) is 39.4 Å². The van der Waals surface area contributed by atoms with Crippen molar-refractivity contribution < 1.29 is 13.2 Å². The van der Waals surface area contributed by atoms with E-state index in [4.69, 9.17) is 0 Å². The molecule has 1 aliphatic rings. The van der Waals surface area contributed by atoms with Crippen molar-refractivity contribution >= 4 is 15.9 Å². The minimum Gasteiger partial charge on any atom is -0.339 e. The van der Waals surface area contributed by atoms with Gasteiger partial charge in [0.2, 0.25) is 10.0 Å². The van der Waals surface area contributed by atoms with Crippen molar-refractivity contribution in [2.24, 2.45) is 5.92 Å². The Labute approximate surface area is 174 Å². The molecular weight excluding hydrogens is 384 g/mol. The molecule has 0 saturated carbocycles. The fourth-order valence-corrected chi connectivity index (χ4v) is 4.59. The molecule has 0 aliphatic carbocycles. The van der Waals surface area contributed by atoms with Crippen LogP contribution in [0.1, 0.15) is 46.3 Å². The van der Waals surface area contributed by atoms with E-state index in [1.807, 2.05) is 11.8 Å². The lowest BCUT2D eigenvalue weighted by Gasteiger charge is -2.32. The molecule has 5 nitrogen and oxygen atoms in total. The average Bonchev–Trinajstić information content (AvgIpc) is 2.73. The largest absolute Gasteiger partial charge is 0.339 e. The summed E-state index contributed by atoms with van der Waals surface area (Å²) in [5, 5.41) is 0. The Morgan fingerprint density at radius 1 is 1.07 bits per heavy atom. The molecular formula is C23H30N2O3S. The number of benzene rings is 2. The molecule has 1 saturated heterocycles. The maximum atomic E-state index is 13.0. The molecule has 0 atom stereocenters. The summed E-state index contributed by atoms with van der Waals surface area (Å²) in [4.78, 5) is 15.0. The number of likely N-dealkylation sites (tertiary alicyclic amines) is 1. The van der Waals surface area contributed by atoms with Crippen LogP contribution >= 0.6 is 0 Å². The van der Waals surface area contributed by atoms with Crippen molar-refractivity contribution in [2.75, 3.05) is 20.1 Å². The van der Waals surface area contributed by atoms with Crippen molar-refractivity contribution in [3.05, 3.63) is 64.7 Å². The van der Waals surface area contributed by atoms with Crippen LogP contribution in [0, 0.1) is 19.8 Å². The number of carbonyl (C=O) groups excluding carboxylic acids is 1. The van der Waals surface area contributed by atoms with Crippen molar-refractivity contribution in [1.29, 1.82) is 0 Å². The third-order valence-corrected chi connectivity index (χ3v) is 7.29. The van der Waals surface area contributed by atoms with Crippen LogP contribution in [0.2, 0.25) is 0 Å². The number of hydrogen-bond acceptors (Lipinski definition) is 3. The second kappa shape index (κ2) is 9.09. The van der Waals surface area contributed by atoms with Gasteiger partial charge in [-0.2, -0.15) is 0 Å². The lowest BCUT2D eigenvalue weighted by molar-refractivity contribution is 0.0686. The van der Waals surface area contributed by atoms with Crippen molar-refractivity contribution in [1.82, 2.24) is 9.62 Å². The normalized spacial score (nSPS) is 15.5. The molecule has 3 rings (SSSR count). The molecule has 2 aromatic rings. The molecule has 1 amide bonds. The highest BCUT2D eigenvalue weighted by Gasteiger charge is 2.25. The number of aryl methyl sites for hydroxylation is 3. The highest BCUT2D eigenvalue weighted by atomic mass is 32.2. The van der Waals surface area contributed by atoms with Crippen molar-refractivity contribution in [2.45, 2.75) is 44.4 Å². The van der Waals surface area contributed by atoms with Crippen LogP contribution in [0.15, 0.2) is 47.4 Å². The van der Waals surface area contributed by atoms with Crippen LogP contribution in [-0.2, 0) is 16.4 Å². The first-order valence-electron chi connectivity index (χ1n) is 10.2. The number of carbonyl (C=O) groups is 1. The molecule has 1 heterocycles. The Bertz CT molecular complexity index is 960. The molecule has 0 aromatic heterocycles. The molecule has 0 unspecified atom stereocenters. The summed E-state index contributed by atoms with van der Waals surface area (Å²) in [6.45, 7) is 5.39. The minimum absolute atomic E-state index is 0.0763. The Kier molecular flexibility index (Phi) is 6.75. The van der Waals surface area contributed by atoms with Gasteiger partial charge < -0.3 is 4.90 Å². The minimum atomic E-state index is -3.57. The maximum absolute atomic E-state index is 13.0. The summed E-state index contributed by atoms with van der Waals surface area (Å²) < 4.78 is 26.5. The van der Waals surface area contributed by atoms with E-state index in [1.165, 1.54) is 30.3 Å². The number of piperidine rings is 1. The summed E-state index contributed by atoms with van der Waals surface area (Å²) in [5.41, 5.74) is 3.92. The zero-order valence-electron chi connectivity index (χ0n) is 17.4. The van der Waals surface area contributed by atoms with Gasteiger partial charge in [-0.05, 0) is 75.8 Å². The van der Waals surface area contributed by atoms with Gasteiger partial charge in [0.05, 0.1) is 4.90 Å². The van der Waals surface area contributed by atoms with Crippen LogP contribution in [0.3, 0.4) is 0 Å². The van der Waals surface area contributed by atoms with Gasteiger partial charge in [-0.3, -0.25) is 4.79 Å². The van der Waals surface area contributed by atoms with Crippen LogP contribution in [0.4, 0.5) is 0 Å². The molecule has 29 heavy (non-hydrogen) atoms. The van der Waals surface area contributed by atoms with E-state index in [9.17, 15) is 13.2 Å². The Hall–Kier alpha value is -2.18. The number of nitrogens with one attached hydrogen (secondary N) is 1. The molecule has 1 aliphatic heterocycles. The maximum Gasteiger partial charge on any atom is 0.254 e. The molecule has 2 aromatic carbocycles. The highest BCUT2D eigenvalue weighted by Crippen LogP contribution is 2.25. The van der Waals surface area contributed by atoms with E-state index in [0.717, 1.165) is 44.3 Å². The third-order valence-electron chi connectivity index (χ3n) is 5.88. The van der Waals surface area contributed by atoms with Gasteiger partial charge in [0.15, 0.2) is 0 Å². The first-order valence-corrected chi connectivity index (χ1v) is 11.7. The summed E-state index contributed by atoms with van der Waals surface area (Å²) in [5.74, 6) is 0.546. The van der Waals surface area contributed by atoms with Gasteiger partial charge in [-0.15, -0.1) is 0 Å². The molecule has 0 bridgehead atoms. The topological polar surface area (TPSA) is 66.5 Å². The summed E-state index contributed by atoms with van der Waals surface area (Å²) in [6, 6.07) is 13.4. The highest BCUT2D eigenvalue weighted by molar-refractivity contribution is 7.89. The lowest BCUT2D eigenvalue weighted by Crippen LogP contribution is -2.39. The molecule has 0 spiro atoms. The van der Waals surface area contributed by atoms with E-state index < -0.39 is 10.0 Å². The fraction of sp³-hybridized carbons (Fsp3) is 0.435. The van der Waals surface area contributed by atoms with E-state index in [-0.39, 0.29) is 10.8 Å². The van der Waals surface area contributed by atoms with E-state index in [0.29, 0.717) is 11.5 Å². The standard InChI is InChI=1S/C23H30N2O3S/c1-17-4-7-19(8-5-17)9-10-20-12-14-25(15-13-20)23(26)22-16-21(11-6-18(22)2)29(27,28)24-3/h4-8,11,16,20,24H,9-10,12-15H2,1-3H3. The van der Waals surface area contributed by atoms with Crippen molar-refractivity contribution in [3.63, 3.8) is 0 Å². The van der Waals surface area contributed by atoms with Gasteiger partial charge in [0.1, 0.15) is 0 Å². The summed E-state index contributed by atoms with van der Waals surface area (Å²) >= 11 is 0. The van der Waals surface area contributed by atoms with Gasteiger partial charge >= 0.3 is 0 Å². The lowest BCUT2D eigenvalue weighted by atomic mass is 9.90. The van der Waals surface area contributed by atoms with E-state index >= 15 is 0 Å². The Morgan fingerprint density at radius 3 is 2.34 bits per heavy atom. The first-order chi connectivity index (χ1) is 13.8. The number of rotatable bonds is 6. The molecule has 1 fully saturated rings. The Morgan fingerprint density at radius 2 is 1.72 bits per heavy atom. The van der Waals surface area contributed by atoms with Crippen LogP contribution in [0.25, 0.3) is 0 Å². The average molecular weight is 415 g/mol. The number of nitrogens with zero attached hydrogens (tertiary/aromatic N) is 1. The first kappa shape index (κ1) is 21.5. The third kappa shape index (κ3) is 5.25. The predicted molar refractivity (Wildman–Crippen MR) is 116 cm³/mol. The zero-order chi connectivity index (χ0) is 21.0. The van der Waals surface area contributed by atoms with Gasteiger partial charge in [-0.25, -0.2) is 13.1 Å². The predicted octanol–water partition coefficient (Wildman–Crippen LogP) is 3.70. The molecule has 1 N–H and O–H groups in total. The summed E-state index contributed by atoms with van der Waals surface area (Å²) in [7, 11) is -2.19. The second-order valence-corrected chi connectivity index (χ2v) is 9.83. The second-order valence-electron chi connectivity index (χ2n) is 7.94. The SMILES string of the molecule is CNS(=O)(=O)c1ccc(C)c(C(=O)N2CCC(CCc3ccc(C)cc3)CC2)c1. The molecule has 0 radical (unpaired) electrons. The van der Waals surface area contributed by atoms with Crippen LogP contribution < -0.4 is 4.72 Å². The zero-order valence-corrected chi connectivity index (χ0v) is 18.3. The number of amides is 1. The fourth-order valence-electron chi connectivity index (χ4n) is 3.84. The Balaban J connectivity index is 1.60. The van der Waals surface area contributed by atoms with E-state index in [1.54, 1.807) is 6.07 Å². The van der Waals surface area contributed by atoms with Gasteiger partial charge in [0.25, 0.3) is 5.91 Å². The molecule has 156 valence electrons. The smallest absolute Gasteiger partial charge is 0.254 e. The monoisotopic (exact) mass is 414 g/mol. The number of hydrogen-bond donors (Lipinski definition) is 1. The van der Waals surface area contributed by atoms with Crippen LogP contribution in [0.5, 0.6) is 0 Å². The van der Waals surface area contributed by atoms with E-state index in [2.05, 4.69) is 35.9 Å². The van der Waals surface area contributed by atoms with Crippen molar-refractivity contribution in [3.8, 4) is 0 Å². The molecule has 6 heteroatoms. The van der Waals surface area contributed by atoms with Gasteiger partial charge in [-0.1, -0.05) is 35.9 Å². The number of sulfonamides is 1. The van der Waals surface area contributed by atoms with Gasteiger partial charge in [0, 0.05) is 18.7 Å². The summed E-state index contributed by atoms with van der Waals surface area (Å²) in [6.07, 6.45) is 4.19. The quantitative estimate of drug-likeness (QED) is 0.784.